The lowest BCUT2D eigenvalue weighted by Gasteiger charge is -2.50. The van der Waals surface area contributed by atoms with Gasteiger partial charge in [-0.05, 0) is 93.2 Å². The number of rotatable bonds is 12. The Balaban J connectivity index is 1.66. The summed E-state index contributed by atoms with van der Waals surface area (Å²) in [6.45, 7) is 7.94. The van der Waals surface area contributed by atoms with Crippen molar-refractivity contribution in [1.82, 2.24) is 0 Å². The van der Waals surface area contributed by atoms with E-state index in [1.165, 1.54) is 0 Å². The molecule has 5 rings (SSSR count). The summed E-state index contributed by atoms with van der Waals surface area (Å²) in [7, 11) is 0. The number of aliphatic hydroxyl groups is 6. The first-order chi connectivity index (χ1) is 21.0. The number of hydrogen-bond donors (Lipinski definition) is 6. The molecular formula is C35H52O9. The summed E-state index contributed by atoms with van der Waals surface area (Å²) < 4.78 is 18.2. The molecule has 9 nitrogen and oxygen atoms in total. The first-order valence-electron chi connectivity index (χ1n) is 16.3. The summed E-state index contributed by atoms with van der Waals surface area (Å²) in [4.78, 5) is 0. The van der Waals surface area contributed by atoms with Gasteiger partial charge in [-0.1, -0.05) is 44.4 Å². The Morgan fingerprint density at radius 1 is 1.14 bits per heavy atom. The molecule has 1 aliphatic carbocycles. The largest absolute Gasteiger partial charge is 0.462 e. The number of fused-ring (bicyclic) bond motifs is 8. The molecule has 6 N–H and O–H groups in total. The lowest BCUT2D eigenvalue weighted by molar-refractivity contribution is -0.333. The Bertz CT molecular complexity index is 1110. The molecule has 2 fully saturated rings. The van der Waals surface area contributed by atoms with Gasteiger partial charge in [-0.2, -0.15) is 0 Å². The van der Waals surface area contributed by atoms with Gasteiger partial charge in [0.15, 0.2) is 5.60 Å². The van der Waals surface area contributed by atoms with Gasteiger partial charge < -0.3 is 44.8 Å². The quantitative estimate of drug-likeness (QED) is 0.154. The number of benzene rings is 1. The third-order valence-electron chi connectivity index (χ3n) is 9.77. The average molecular weight is 617 g/mol. The van der Waals surface area contributed by atoms with E-state index in [-0.39, 0.29) is 31.8 Å². The Hall–Kier alpha value is -2.16. The molecule has 44 heavy (non-hydrogen) atoms. The van der Waals surface area contributed by atoms with Gasteiger partial charge in [-0.3, -0.25) is 0 Å². The topological polar surface area (TPSA) is 149 Å². The van der Waals surface area contributed by atoms with Crippen molar-refractivity contribution in [3.63, 3.8) is 0 Å². The molecule has 0 spiro atoms. The summed E-state index contributed by atoms with van der Waals surface area (Å²) in [6, 6.07) is 7.21. The third kappa shape index (κ3) is 8.16. The van der Waals surface area contributed by atoms with Gasteiger partial charge in [0, 0.05) is 13.0 Å². The first-order valence-corrected chi connectivity index (χ1v) is 16.3. The third-order valence-corrected chi connectivity index (χ3v) is 9.77. The van der Waals surface area contributed by atoms with Crippen molar-refractivity contribution < 1.29 is 44.8 Å². The molecule has 3 aliphatic heterocycles. The number of ether oxygens (including phenoxy) is 3. The van der Waals surface area contributed by atoms with Crippen molar-refractivity contribution in [2.45, 2.75) is 132 Å². The van der Waals surface area contributed by atoms with E-state index in [0.29, 0.717) is 43.8 Å². The summed E-state index contributed by atoms with van der Waals surface area (Å²) in [6.07, 6.45) is 2.19. The van der Waals surface area contributed by atoms with Crippen LogP contribution in [-0.2, 0) is 15.9 Å². The van der Waals surface area contributed by atoms with Crippen molar-refractivity contribution in [3.8, 4) is 17.8 Å². The molecule has 1 aromatic carbocycles. The van der Waals surface area contributed by atoms with Gasteiger partial charge in [0.1, 0.15) is 36.3 Å². The second-order valence-corrected chi connectivity index (χ2v) is 13.5. The molecule has 10 atom stereocenters. The zero-order valence-electron chi connectivity index (χ0n) is 26.2. The molecule has 0 aromatic heterocycles. The Kier molecular flexibility index (Phi) is 12.2. The molecule has 1 saturated carbocycles. The Morgan fingerprint density at radius 3 is 2.57 bits per heavy atom. The van der Waals surface area contributed by atoms with Crippen molar-refractivity contribution in [3.05, 3.63) is 42.5 Å². The van der Waals surface area contributed by atoms with E-state index in [4.69, 9.17) is 14.2 Å². The maximum absolute atomic E-state index is 12.2. The molecule has 1 saturated heterocycles. The van der Waals surface area contributed by atoms with Crippen molar-refractivity contribution >= 4 is 0 Å². The highest BCUT2D eigenvalue weighted by atomic mass is 16.7. The molecule has 4 aliphatic rings. The fraction of sp³-hybridized carbons (Fsp3) is 0.714. The van der Waals surface area contributed by atoms with Crippen LogP contribution in [0.1, 0.15) is 83.6 Å². The maximum Gasteiger partial charge on any atom is 0.232 e. The van der Waals surface area contributed by atoms with Gasteiger partial charge in [0.05, 0.1) is 11.7 Å². The summed E-state index contributed by atoms with van der Waals surface area (Å²) in [5.74, 6) is 3.24. The maximum atomic E-state index is 12.2. The normalized spacial score (nSPS) is 37.4. The second kappa shape index (κ2) is 15.4. The number of hydrogen-bond acceptors (Lipinski definition) is 9. The van der Waals surface area contributed by atoms with Gasteiger partial charge >= 0.3 is 0 Å². The van der Waals surface area contributed by atoms with E-state index in [1.54, 1.807) is 18.2 Å². The fourth-order valence-electron chi connectivity index (χ4n) is 7.27. The van der Waals surface area contributed by atoms with Crippen LogP contribution in [0.15, 0.2) is 36.9 Å². The Labute approximate surface area is 261 Å². The van der Waals surface area contributed by atoms with E-state index < -0.39 is 53.9 Å². The Morgan fingerprint density at radius 2 is 1.89 bits per heavy atom. The summed E-state index contributed by atoms with van der Waals surface area (Å²) >= 11 is 0. The van der Waals surface area contributed by atoms with Crippen LogP contribution in [0.3, 0.4) is 0 Å². The van der Waals surface area contributed by atoms with Crippen LogP contribution in [0.2, 0.25) is 0 Å². The lowest BCUT2D eigenvalue weighted by Crippen LogP contribution is -2.70. The first kappa shape index (κ1) is 34.7. The smallest absolute Gasteiger partial charge is 0.232 e. The van der Waals surface area contributed by atoms with Crippen LogP contribution < -0.4 is 4.74 Å². The second-order valence-electron chi connectivity index (χ2n) is 13.5. The van der Waals surface area contributed by atoms with Crippen LogP contribution in [0, 0.1) is 29.8 Å². The van der Waals surface area contributed by atoms with Crippen LogP contribution in [-0.4, -0.2) is 85.3 Å². The molecule has 9 heteroatoms. The molecule has 3 heterocycles. The lowest BCUT2D eigenvalue weighted by atomic mass is 9.73. The molecule has 0 amide bonds. The highest BCUT2D eigenvalue weighted by Crippen LogP contribution is 2.45. The predicted octanol–water partition coefficient (Wildman–Crippen LogP) is 3.22. The highest BCUT2D eigenvalue weighted by Gasteiger charge is 2.59. The van der Waals surface area contributed by atoms with Crippen LogP contribution in [0.5, 0.6) is 5.75 Å². The zero-order valence-corrected chi connectivity index (χ0v) is 26.2. The minimum absolute atomic E-state index is 0.0573. The van der Waals surface area contributed by atoms with Crippen molar-refractivity contribution in [2.24, 2.45) is 17.8 Å². The minimum Gasteiger partial charge on any atom is -0.462 e. The number of aliphatic hydroxyl groups excluding tert-OH is 4. The van der Waals surface area contributed by atoms with E-state index in [0.717, 1.165) is 24.8 Å². The molecule has 1 aromatic rings. The van der Waals surface area contributed by atoms with Crippen LogP contribution >= 0.6 is 0 Å². The van der Waals surface area contributed by atoms with E-state index in [1.807, 2.05) is 12.1 Å². The standard InChI is InChI=1S/C35H52O9/c1-4-8-24-12-14-27(15-13-24)43-33-35(41)22-25(16-18-34(40)17-5-9-26(34)21-23(2)3)28(37)10-7-20-42-29(11-6-19-36)31(44-33)30(38)32(35)39/h4,12-15,23,25-26,28-33,36-41H,1,5-6,8-11,16-19,21-22H2,2-3H3/t25-,26-,28+,29-,30-,31-,32+,33+,34-,35+/m1/s1. The van der Waals surface area contributed by atoms with E-state index in [9.17, 15) is 30.6 Å². The monoisotopic (exact) mass is 616 g/mol. The van der Waals surface area contributed by atoms with E-state index in [2.05, 4.69) is 32.5 Å². The SMILES string of the molecule is C=CCc1ccc(O[C@H]2O[C@H]3[C@@H](O)[C@H](O)[C@@]2(O)C[C@@H](CC[C@]2(O)CCC[C@@H]2CC(C)C)[C@@H](O)CC#CO[C@@H]3CCCO)cc1. The van der Waals surface area contributed by atoms with Gasteiger partial charge in [-0.25, -0.2) is 0 Å². The van der Waals surface area contributed by atoms with Crippen LogP contribution in [0.4, 0.5) is 0 Å². The average Bonchev–Trinajstić information content (AvgIpc) is 3.35. The summed E-state index contributed by atoms with van der Waals surface area (Å²) in [5.41, 5.74) is -1.98. The van der Waals surface area contributed by atoms with E-state index >= 15 is 0 Å². The van der Waals surface area contributed by atoms with Gasteiger partial charge in [-0.15, -0.1) is 6.58 Å². The minimum atomic E-state index is -2.12. The predicted molar refractivity (Wildman–Crippen MR) is 165 cm³/mol. The van der Waals surface area contributed by atoms with Crippen LogP contribution in [0.25, 0.3) is 0 Å². The van der Waals surface area contributed by atoms with Gasteiger partial charge in [0.25, 0.3) is 0 Å². The number of allylic oxidation sites excluding steroid dienone is 1. The molecule has 0 unspecified atom stereocenters. The zero-order chi connectivity index (χ0) is 31.9. The summed E-state index contributed by atoms with van der Waals surface area (Å²) in [5, 5.41) is 67.5. The molecule has 2 bridgehead atoms. The highest BCUT2D eigenvalue weighted by molar-refractivity contribution is 5.29. The van der Waals surface area contributed by atoms with Gasteiger partial charge in [0.2, 0.25) is 6.29 Å². The fourth-order valence-corrected chi connectivity index (χ4v) is 7.27. The van der Waals surface area contributed by atoms with Crippen molar-refractivity contribution in [1.29, 1.82) is 0 Å². The molecular weight excluding hydrogens is 564 g/mol. The molecule has 0 radical (unpaired) electrons. The van der Waals surface area contributed by atoms with Crippen molar-refractivity contribution in [2.75, 3.05) is 6.61 Å². The molecule has 246 valence electrons.